The van der Waals surface area contributed by atoms with Crippen LogP contribution in [-0.2, 0) is 6.61 Å². The maximum atomic E-state index is 13.7. The lowest BCUT2D eigenvalue weighted by molar-refractivity contribution is 0.0788. The molecule has 1 aromatic heterocycles. The first-order chi connectivity index (χ1) is 13.2. The van der Waals surface area contributed by atoms with Gasteiger partial charge >= 0.3 is 0 Å². The highest BCUT2D eigenvalue weighted by atomic mass is 32.1. The van der Waals surface area contributed by atoms with Gasteiger partial charge in [0.2, 0.25) is 0 Å². The van der Waals surface area contributed by atoms with Crippen LogP contribution in [0, 0.1) is 5.82 Å². The predicted octanol–water partition coefficient (Wildman–Crippen LogP) is 4.76. The minimum Gasteiger partial charge on any atom is -0.489 e. The molecule has 6 heteroatoms. The molecule has 1 amide bonds. The number of halogens is 1. The lowest BCUT2D eigenvalue weighted by Gasteiger charge is -2.12. The number of rotatable bonds is 5. The third kappa shape index (κ3) is 4.01. The Bertz CT molecular complexity index is 951. The summed E-state index contributed by atoms with van der Waals surface area (Å²) in [5.74, 6) is 0.360. The fraction of sp³-hybridized carbons (Fsp3) is 0.238. The summed E-state index contributed by atoms with van der Waals surface area (Å²) in [6.07, 6.45) is 2.12. The predicted molar refractivity (Wildman–Crippen MR) is 103 cm³/mol. The Labute approximate surface area is 161 Å². The monoisotopic (exact) mass is 382 g/mol. The third-order valence-electron chi connectivity index (χ3n) is 4.55. The number of likely N-dealkylation sites (tertiary alicyclic amines) is 1. The smallest absolute Gasteiger partial charge is 0.273 e. The first kappa shape index (κ1) is 17.7. The van der Waals surface area contributed by atoms with Crippen molar-refractivity contribution in [2.24, 2.45) is 0 Å². The molecule has 0 radical (unpaired) electrons. The first-order valence-corrected chi connectivity index (χ1v) is 9.80. The number of amides is 1. The number of thiazole rings is 1. The van der Waals surface area contributed by atoms with Crippen LogP contribution in [0.1, 0.15) is 28.9 Å². The van der Waals surface area contributed by atoms with Gasteiger partial charge in [-0.05, 0) is 31.0 Å². The molecule has 1 saturated heterocycles. The molecule has 3 aromatic rings. The third-order valence-corrected chi connectivity index (χ3v) is 5.44. The number of carbonyl (C=O) groups excluding carboxylic acids is 1. The zero-order chi connectivity index (χ0) is 18.6. The summed E-state index contributed by atoms with van der Waals surface area (Å²) in [4.78, 5) is 18.8. The van der Waals surface area contributed by atoms with Gasteiger partial charge in [-0.3, -0.25) is 4.79 Å². The second-order valence-electron chi connectivity index (χ2n) is 6.45. The van der Waals surface area contributed by atoms with Gasteiger partial charge < -0.3 is 9.64 Å². The van der Waals surface area contributed by atoms with E-state index in [0.717, 1.165) is 36.5 Å². The molecule has 0 aliphatic carbocycles. The summed E-state index contributed by atoms with van der Waals surface area (Å²) in [6, 6.07) is 14.1. The summed E-state index contributed by atoms with van der Waals surface area (Å²) in [5, 5.41) is 2.58. The van der Waals surface area contributed by atoms with E-state index in [1.54, 1.807) is 18.2 Å². The van der Waals surface area contributed by atoms with Crippen LogP contribution < -0.4 is 4.74 Å². The lowest BCUT2D eigenvalue weighted by Crippen LogP contribution is -2.27. The van der Waals surface area contributed by atoms with Crippen molar-refractivity contribution in [2.45, 2.75) is 19.4 Å². The first-order valence-electron chi connectivity index (χ1n) is 8.92. The Morgan fingerprint density at radius 3 is 2.78 bits per heavy atom. The highest BCUT2D eigenvalue weighted by molar-refractivity contribution is 7.13. The minimum atomic E-state index is -0.279. The van der Waals surface area contributed by atoms with Gasteiger partial charge in [-0.2, -0.15) is 0 Å². The van der Waals surface area contributed by atoms with E-state index in [4.69, 9.17) is 4.74 Å². The van der Waals surface area contributed by atoms with Crippen molar-refractivity contribution in [3.8, 4) is 16.3 Å². The SMILES string of the molecule is O=C(c1csc(-c2cccc(OCc3ccccc3F)c2)n1)N1CCCC1. The second-order valence-corrected chi connectivity index (χ2v) is 7.30. The van der Waals surface area contributed by atoms with Crippen LogP contribution >= 0.6 is 11.3 Å². The molecule has 4 rings (SSSR count). The standard InChI is InChI=1S/C21H19FN2O2S/c22-18-9-2-1-6-16(18)13-26-17-8-5-7-15(12-17)20-23-19(14-27-20)21(25)24-10-3-4-11-24/h1-2,5-9,12,14H,3-4,10-11,13H2. The summed E-state index contributed by atoms with van der Waals surface area (Å²) >= 11 is 1.44. The average molecular weight is 382 g/mol. The molecule has 1 aliphatic rings. The van der Waals surface area contributed by atoms with Crippen LogP contribution in [-0.4, -0.2) is 28.9 Å². The van der Waals surface area contributed by atoms with Crippen LogP contribution in [0.2, 0.25) is 0 Å². The Balaban J connectivity index is 1.47. The lowest BCUT2D eigenvalue weighted by atomic mass is 10.2. The maximum absolute atomic E-state index is 13.7. The van der Waals surface area contributed by atoms with Gasteiger partial charge in [-0.1, -0.05) is 30.3 Å². The molecular formula is C21H19FN2O2S. The van der Waals surface area contributed by atoms with Crippen molar-refractivity contribution in [3.63, 3.8) is 0 Å². The molecule has 2 aromatic carbocycles. The van der Waals surface area contributed by atoms with Crippen LogP contribution in [0.5, 0.6) is 5.75 Å². The Kier molecular flexibility index (Phi) is 5.16. The van der Waals surface area contributed by atoms with Gasteiger partial charge in [0.1, 0.15) is 28.9 Å². The van der Waals surface area contributed by atoms with Crippen molar-refractivity contribution >= 4 is 17.2 Å². The zero-order valence-corrected chi connectivity index (χ0v) is 15.5. The van der Waals surface area contributed by atoms with Gasteiger partial charge in [0.05, 0.1) is 0 Å². The number of hydrogen-bond acceptors (Lipinski definition) is 4. The van der Waals surface area contributed by atoms with E-state index < -0.39 is 0 Å². The summed E-state index contributed by atoms with van der Waals surface area (Å²) in [6.45, 7) is 1.78. The van der Waals surface area contributed by atoms with E-state index in [1.807, 2.05) is 34.5 Å². The molecule has 2 heterocycles. The largest absolute Gasteiger partial charge is 0.489 e. The number of nitrogens with zero attached hydrogens (tertiary/aromatic N) is 2. The van der Waals surface area contributed by atoms with Gasteiger partial charge in [0.15, 0.2) is 0 Å². The van der Waals surface area contributed by atoms with E-state index in [-0.39, 0.29) is 18.3 Å². The van der Waals surface area contributed by atoms with Crippen LogP contribution in [0.4, 0.5) is 4.39 Å². The van der Waals surface area contributed by atoms with Crippen molar-refractivity contribution in [2.75, 3.05) is 13.1 Å². The van der Waals surface area contributed by atoms with Crippen LogP contribution in [0.25, 0.3) is 10.6 Å². The number of carbonyl (C=O) groups is 1. The van der Waals surface area contributed by atoms with E-state index in [2.05, 4.69) is 4.98 Å². The Hall–Kier alpha value is -2.73. The van der Waals surface area contributed by atoms with Gasteiger partial charge in [-0.15, -0.1) is 11.3 Å². The van der Waals surface area contributed by atoms with Gasteiger partial charge in [0.25, 0.3) is 5.91 Å². The summed E-state index contributed by atoms with van der Waals surface area (Å²) < 4.78 is 19.5. The van der Waals surface area contributed by atoms with Crippen molar-refractivity contribution in [1.29, 1.82) is 0 Å². The molecule has 1 fully saturated rings. The average Bonchev–Trinajstić information content (AvgIpc) is 3.39. The van der Waals surface area contributed by atoms with E-state index >= 15 is 0 Å². The normalized spacial score (nSPS) is 13.7. The van der Waals surface area contributed by atoms with Gasteiger partial charge in [-0.25, -0.2) is 9.37 Å². The van der Waals surface area contributed by atoms with E-state index in [9.17, 15) is 9.18 Å². The number of aromatic nitrogens is 1. The fourth-order valence-corrected chi connectivity index (χ4v) is 3.87. The highest BCUT2D eigenvalue weighted by Crippen LogP contribution is 2.28. The molecule has 0 saturated carbocycles. The molecule has 0 N–H and O–H groups in total. The quantitative estimate of drug-likeness (QED) is 0.639. The molecule has 0 unspecified atom stereocenters. The van der Waals surface area contributed by atoms with Crippen molar-refractivity contribution in [1.82, 2.24) is 9.88 Å². The molecule has 4 nitrogen and oxygen atoms in total. The maximum Gasteiger partial charge on any atom is 0.273 e. The molecule has 138 valence electrons. The van der Waals surface area contributed by atoms with Crippen LogP contribution in [0.3, 0.4) is 0 Å². The van der Waals surface area contributed by atoms with E-state index in [1.165, 1.54) is 17.4 Å². The van der Waals surface area contributed by atoms with Gasteiger partial charge in [0, 0.05) is 29.6 Å². The summed E-state index contributed by atoms with van der Waals surface area (Å²) in [7, 11) is 0. The summed E-state index contributed by atoms with van der Waals surface area (Å²) in [5.41, 5.74) is 1.89. The molecule has 1 aliphatic heterocycles. The molecule has 0 atom stereocenters. The zero-order valence-electron chi connectivity index (χ0n) is 14.7. The molecule has 0 spiro atoms. The van der Waals surface area contributed by atoms with Crippen molar-refractivity contribution < 1.29 is 13.9 Å². The Morgan fingerprint density at radius 2 is 1.96 bits per heavy atom. The minimum absolute atomic E-state index is 0.00181. The molecule has 0 bridgehead atoms. The number of ether oxygens (including phenoxy) is 1. The second kappa shape index (κ2) is 7.88. The molecule has 27 heavy (non-hydrogen) atoms. The van der Waals surface area contributed by atoms with Crippen molar-refractivity contribution in [3.05, 3.63) is 71.0 Å². The van der Waals surface area contributed by atoms with E-state index in [0.29, 0.717) is 17.0 Å². The van der Waals surface area contributed by atoms with Crippen LogP contribution in [0.15, 0.2) is 53.9 Å². The number of hydrogen-bond donors (Lipinski definition) is 0. The Morgan fingerprint density at radius 1 is 1.15 bits per heavy atom. The molecular weight excluding hydrogens is 363 g/mol. The number of benzene rings is 2. The highest BCUT2D eigenvalue weighted by Gasteiger charge is 2.22. The fourth-order valence-electron chi connectivity index (χ4n) is 3.08. The topological polar surface area (TPSA) is 42.4 Å².